The summed E-state index contributed by atoms with van der Waals surface area (Å²) < 4.78 is 32.3. The molecular formula is C28H24F2N2O2. The van der Waals surface area contributed by atoms with Crippen molar-refractivity contribution < 1.29 is 18.3 Å². The van der Waals surface area contributed by atoms with Gasteiger partial charge < -0.3 is 4.74 Å². The van der Waals surface area contributed by atoms with Crippen LogP contribution in [0.2, 0.25) is 0 Å². The van der Waals surface area contributed by atoms with Crippen molar-refractivity contribution >= 4 is 17.7 Å². The van der Waals surface area contributed by atoms with Crippen molar-refractivity contribution in [2.75, 3.05) is 7.11 Å². The molecule has 6 heteroatoms. The van der Waals surface area contributed by atoms with Crippen LogP contribution in [0.5, 0.6) is 5.75 Å². The molecule has 0 N–H and O–H groups in total. The topological polar surface area (TPSA) is 41.9 Å². The van der Waals surface area contributed by atoms with Gasteiger partial charge in [0.1, 0.15) is 17.4 Å². The smallest absolute Gasteiger partial charge is 0.274 e. The zero-order chi connectivity index (χ0) is 23.7. The van der Waals surface area contributed by atoms with E-state index in [4.69, 9.17) is 9.84 Å². The molecule has 34 heavy (non-hydrogen) atoms. The number of fused-ring (bicyclic) bond motifs is 1. The maximum atomic E-state index is 13.7. The standard InChI is InChI=1S/C28H24F2N2O2/c1-34-24-15-9-20(10-16-24)28(33)32-27(19-7-13-23(30)14-8-19)25-4-2-3-21(26(25)31-32)17-18-5-11-22(29)12-6-18/h5-17,25,27H,2-4H2,1H3/b21-17+/t25-,27-/m1/s1. The third-order valence-electron chi connectivity index (χ3n) is 6.47. The number of carbonyl (C=O) groups is 1. The molecule has 1 saturated carbocycles. The predicted octanol–water partition coefficient (Wildman–Crippen LogP) is 6.41. The predicted molar refractivity (Wildman–Crippen MR) is 127 cm³/mol. The van der Waals surface area contributed by atoms with Crippen LogP contribution in [-0.4, -0.2) is 23.7 Å². The van der Waals surface area contributed by atoms with Gasteiger partial charge in [-0.1, -0.05) is 24.3 Å². The van der Waals surface area contributed by atoms with Gasteiger partial charge in [-0.25, -0.2) is 13.8 Å². The number of allylic oxidation sites excluding steroid dienone is 1. The van der Waals surface area contributed by atoms with E-state index in [9.17, 15) is 13.6 Å². The molecule has 3 aromatic carbocycles. The Morgan fingerprint density at radius 2 is 1.62 bits per heavy atom. The number of hydrazone groups is 1. The lowest BCUT2D eigenvalue weighted by atomic mass is 9.77. The third-order valence-corrected chi connectivity index (χ3v) is 6.47. The Morgan fingerprint density at radius 1 is 0.971 bits per heavy atom. The van der Waals surface area contributed by atoms with Crippen molar-refractivity contribution in [1.82, 2.24) is 5.01 Å². The lowest BCUT2D eigenvalue weighted by molar-refractivity contribution is 0.0681. The first-order chi connectivity index (χ1) is 16.5. The summed E-state index contributed by atoms with van der Waals surface area (Å²) in [6, 6.07) is 19.2. The fraction of sp³-hybridized carbons (Fsp3) is 0.214. The van der Waals surface area contributed by atoms with Gasteiger partial charge in [0, 0.05) is 11.5 Å². The van der Waals surface area contributed by atoms with Gasteiger partial charge >= 0.3 is 0 Å². The van der Waals surface area contributed by atoms with Gasteiger partial charge in [-0.2, -0.15) is 5.10 Å². The van der Waals surface area contributed by atoms with Crippen molar-refractivity contribution in [3.05, 3.63) is 107 Å². The van der Waals surface area contributed by atoms with Gasteiger partial charge in [-0.3, -0.25) is 4.79 Å². The third kappa shape index (κ3) is 4.23. The summed E-state index contributed by atoms with van der Waals surface area (Å²) in [6.45, 7) is 0. The minimum absolute atomic E-state index is 0.00638. The van der Waals surface area contributed by atoms with E-state index >= 15 is 0 Å². The second-order valence-electron chi connectivity index (χ2n) is 8.58. The molecule has 5 rings (SSSR count). The molecule has 3 aromatic rings. The maximum absolute atomic E-state index is 13.7. The SMILES string of the molecule is COc1ccc(C(=O)N2N=C3/C(=C/c4ccc(F)cc4)CCC[C@H]3[C@H]2c2ccc(F)cc2)cc1. The Kier molecular flexibility index (Phi) is 5.97. The van der Waals surface area contributed by atoms with Crippen molar-refractivity contribution in [2.24, 2.45) is 11.0 Å². The Bertz CT molecular complexity index is 1250. The van der Waals surface area contributed by atoms with Crippen LogP contribution in [0.3, 0.4) is 0 Å². The van der Waals surface area contributed by atoms with Gasteiger partial charge in [0.25, 0.3) is 5.91 Å². The highest BCUT2D eigenvalue weighted by Gasteiger charge is 2.43. The van der Waals surface area contributed by atoms with Gasteiger partial charge in [-0.15, -0.1) is 0 Å². The number of benzene rings is 3. The number of carbonyl (C=O) groups excluding carboxylic acids is 1. The summed E-state index contributed by atoms with van der Waals surface area (Å²) in [4.78, 5) is 13.6. The van der Waals surface area contributed by atoms with Crippen LogP contribution in [-0.2, 0) is 0 Å². The number of rotatable bonds is 4. The van der Waals surface area contributed by atoms with E-state index in [-0.39, 0.29) is 29.5 Å². The Hall–Kier alpha value is -3.80. The van der Waals surface area contributed by atoms with Crippen molar-refractivity contribution in [3.8, 4) is 5.75 Å². The van der Waals surface area contributed by atoms with Gasteiger partial charge in [0.05, 0.1) is 18.9 Å². The zero-order valence-electron chi connectivity index (χ0n) is 18.7. The average molecular weight is 459 g/mol. The Balaban J connectivity index is 1.56. The lowest BCUT2D eigenvalue weighted by Crippen LogP contribution is -2.31. The van der Waals surface area contributed by atoms with Crippen LogP contribution in [0.4, 0.5) is 8.78 Å². The van der Waals surface area contributed by atoms with Crippen LogP contribution in [0.25, 0.3) is 6.08 Å². The summed E-state index contributed by atoms with van der Waals surface area (Å²) in [5, 5.41) is 6.38. The van der Waals surface area contributed by atoms with E-state index in [0.717, 1.165) is 41.7 Å². The van der Waals surface area contributed by atoms with Crippen molar-refractivity contribution in [3.63, 3.8) is 0 Å². The summed E-state index contributed by atoms with van der Waals surface area (Å²) in [5.74, 6) is -0.170. The van der Waals surface area contributed by atoms with Gasteiger partial charge in [0.2, 0.25) is 0 Å². The largest absolute Gasteiger partial charge is 0.497 e. The van der Waals surface area contributed by atoms with Crippen molar-refractivity contribution in [2.45, 2.75) is 25.3 Å². The summed E-state index contributed by atoms with van der Waals surface area (Å²) in [7, 11) is 1.58. The molecule has 0 unspecified atom stereocenters. The van der Waals surface area contributed by atoms with Crippen LogP contribution in [0.1, 0.15) is 46.8 Å². The average Bonchev–Trinajstić information content (AvgIpc) is 3.26. The maximum Gasteiger partial charge on any atom is 0.274 e. The molecule has 2 aliphatic rings. The van der Waals surface area contributed by atoms with Crippen LogP contribution in [0, 0.1) is 17.6 Å². The monoisotopic (exact) mass is 458 g/mol. The Morgan fingerprint density at radius 3 is 2.26 bits per heavy atom. The van der Waals surface area contributed by atoms with E-state index in [2.05, 4.69) is 0 Å². The van der Waals surface area contributed by atoms with Crippen molar-refractivity contribution in [1.29, 1.82) is 0 Å². The number of methoxy groups -OCH3 is 1. The van der Waals surface area contributed by atoms with E-state index in [1.165, 1.54) is 24.3 Å². The highest BCUT2D eigenvalue weighted by Crippen LogP contribution is 2.45. The first-order valence-electron chi connectivity index (χ1n) is 11.3. The molecule has 0 radical (unpaired) electrons. The first kappa shape index (κ1) is 22.0. The molecule has 4 nitrogen and oxygen atoms in total. The fourth-order valence-electron chi connectivity index (χ4n) is 4.79. The molecule has 0 bridgehead atoms. The molecule has 1 fully saturated rings. The molecule has 0 saturated heterocycles. The molecule has 1 aliphatic heterocycles. The quantitative estimate of drug-likeness (QED) is 0.453. The minimum atomic E-state index is -0.331. The molecule has 1 aliphatic carbocycles. The molecule has 1 amide bonds. The second kappa shape index (κ2) is 9.21. The molecule has 172 valence electrons. The number of hydrogen-bond donors (Lipinski definition) is 0. The van der Waals surface area contributed by atoms with Gasteiger partial charge in [-0.05, 0) is 90.6 Å². The highest BCUT2D eigenvalue weighted by atomic mass is 19.1. The van der Waals surface area contributed by atoms with E-state index in [1.54, 1.807) is 60.6 Å². The number of halogens is 2. The number of ether oxygens (including phenoxy) is 1. The van der Waals surface area contributed by atoms with Gasteiger partial charge in [0.15, 0.2) is 0 Å². The lowest BCUT2D eigenvalue weighted by Gasteiger charge is -2.29. The number of nitrogens with zero attached hydrogens (tertiary/aromatic N) is 2. The molecular weight excluding hydrogens is 434 g/mol. The minimum Gasteiger partial charge on any atom is -0.497 e. The van der Waals surface area contributed by atoms with E-state index in [1.807, 2.05) is 6.08 Å². The first-order valence-corrected chi connectivity index (χ1v) is 11.3. The van der Waals surface area contributed by atoms with Crippen LogP contribution >= 0.6 is 0 Å². The second-order valence-corrected chi connectivity index (χ2v) is 8.58. The molecule has 2 atom stereocenters. The van der Waals surface area contributed by atoms with E-state index < -0.39 is 0 Å². The van der Waals surface area contributed by atoms with E-state index in [0.29, 0.717) is 11.3 Å². The van der Waals surface area contributed by atoms with Crippen LogP contribution < -0.4 is 4.74 Å². The molecule has 1 heterocycles. The molecule has 0 aromatic heterocycles. The zero-order valence-corrected chi connectivity index (χ0v) is 18.7. The number of hydrogen-bond acceptors (Lipinski definition) is 3. The summed E-state index contributed by atoms with van der Waals surface area (Å²) >= 11 is 0. The number of amides is 1. The fourth-order valence-corrected chi connectivity index (χ4v) is 4.79. The van der Waals surface area contributed by atoms with Crippen LogP contribution in [0.15, 0.2) is 83.5 Å². The highest BCUT2D eigenvalue weighted by molar-refractivity contribution is 6.09. The Labute approximate surface area is 197 Å². The normalized spacial score (nSPS) is 20.7. The summed E-state index contributed by atoms with van der Waals surface area (Å²) in [5.41, 5.74) is 4.14. The molecule has 0 spiro atoms. The summed E-state index contributed by atoms with van der Waals surface area (Å²) in [6.07, 6.45) is 4.66.